The van der Waals surface area contributed by atoms with Gasteiger partial charge >= 0.3 is 0 Å². The van der Waals surface area contributed by atoms with Crippen molar-refractivity contribution >= 4 is 0 Å². The molecule has 0 unspecified atom stereocenters. The Morgan fingerprint density at radius 1 is 1.14 bits per heavy atom. The van der Waals surface area contributed by atoms with Crippen molar-refractivity contribution in [1.82, 2.24) is 9.80 Å². The topological polar surface area (TPSA) is 6.48 Å². The van der Waals surface area contributed by atoms with Crippen LogP contribution >= 0.6 is 0 Å². The van der Waals surface area contributed by atoms with Gasteiger partial charge in [-0.2, -0.15) is 0 Å². The Hall–Kier alpha value is -0.0800. The molecule has 1 heterocycles. The molecule has 2 nitrogen and oxygen atoms in total. The number of piperazine rings is 1. The minimum absolute atomic E-state index is 0.317. The Bertz CT molecular complexity index is 191. The summed E-state index contributed by atoms with van der Waals surface area (Å²) in [6.07, 6.45) is 0. The predicted molar refractivity (Wildman–Crippen MR) is 62.7 cm³/mol. The fraction of sp³-hybridized carbons (Fsp3) is 1.00. The number of hydrogen-bond acceptors (Lipinski definition) is 2. The molecule has 1 fully saturated rings. The molecule has 1 aliphatic rings. The fourth-order valence-corrected chi connectivity index (χ4v) is 2.35. The second-order valence-electron chi connectivity index (χ2n) is 5.98. The third-order valence-corrected chi connectivity index (χ3v) is 3.40. The molecule has 0 aromatic carbocycles. The highest BCUT2D eigenvalue weighted by Gasteiger charge is 2.36. The van der Waals surface area contributed by atoms with Crippen molar-refractivity contribution in [1.29, 1.82) is 0 Å². The van der Waals surface area contributed by atoms with Crippen molar-refractivity contribution in [2.75, 3.05) is 26.2 Å². The maximum absolute atomic E-state index is 2.60. The molecule has 0 bridgehead atoms. The normalized spacial score (nSPS) is 25.3. The summed E-state index contributed by atoms with van der Waals surface area (Å²) in [4.78, 5) is 5.18. The van der Waals surface area contributed by atoms with Crippen LogP contribution in [0.3, 0.4) is 0 Å². The molecule has 84 valence electrons. The first-order chi connectivity index (χ1) is 6.27. The van der Waals surface area contributed by atoms with Crippen LogP contribution in [0.25, 0.3) is 0 Å². The van der Waals surface area contributed by atoms with Gasteiger partial charge in [-0.05, 0) is 41.2 Å². The molecule has 0 aliphatic carbocycles. The van der Waals surface area contributed by atoms with Crippen molar-refractivity contribution in [3.05, 3.63) is 0 Å². The van der Waals surface area contributed by atoms with E-state index in [2.05, 4.69) is 51.3 Å². The third kappa shape index (κ3) is 2.48. The molecule has 0 aromatic heterocycles. The van der Waals surface area contributed by atoms with Crippen LogP contribution in [-0.2, 0) is 0 Å². The van der Waals surface area contributed by atoms with Gasteiger partial charge in [-0.1, -0.05) is 6.92 Å². The van der Waals surface area contributed by atoms with Crippen LogP contribution in [0.2, 0.25) is 0 Å². The monoisotopic (exact) mass is 198 g/mol. The largest absolute Gasteiger partial charge is 0.296 e. The van der Waals surface area contributed by atoms with Crippen LogP contribution in [0.5, 0.6) is 0 Å². The van der Waals surface area contributed by atoms with E-state index in [0.717, 1.165) is 0 Å². The maximum Gasteiger partial charge on any atom is 0.0280 e. The van der Waals surface area contributed by atoms with Crippen molar-refractivity contribution in [3.63, 3.8) is 0 Å². The quantitative estimate of drug-likeness (QED) is 0.637. The van der Waals surface area contributed by atoms with Crippen LogP contribution in [0, 0.1) is 0 Å². The average molecular weight is 198 g/mol. The highest BCUT2D eigenvalue weighted by molar-refractivity contribution is 4.93. The summed E-state index contributed by atoms with van der Waals surface area (Å²) >= 11 is 0. The van der Waals surface area contributed by atoms with Gasteiger partial charge in [-0.25, -0.2) is 0 Å². The van der Waals surface area contributed by atoms with Gasteiger partial charge in [0.25, 0.3) is 0 Å². The summed E-state index contributed by atoms with van der Waals surface area (Å²) in [7, 11) is 0. The van der Waals surface area contributed by atoms with E-state index in [4.69, 9.17) is 0 Å². The molecule has 1 aliphatic heterocycles. The van der Waals surface area contributed by atoms with Crippen molar-refractivity contribution in [2.45, 2.75) is 52.6 Å². The Kier molecular flexibility index (Phi) is 3.27. The summed E-state index contributed by atoms with van der Waals surface area (Å²) in [6, 6.07) is 0. The van der Waals surface area contributed by atoms with E-state index >= 15 is 0 Å². The number of rotatable bonds is 1. The summed E-state index contributed by atoms with van der Waals surface area (Å²) in [5, 5.41) is 0. The minimum atomic E-state index is 0.317. The van der Waals surface area contributed by atoms with E-state index in [1.54, 1.807) is 0 Å². The van der Waals surface area contributed by atoms with E-state index in [1.807, 2.05) is 0 Å². The lowest BCUT2D eigenvalue weighted by atomic mass is 9.94. The van der Waals surface area contributed by atoms with E-state index in [0.29, 0.717) is 11.1 Å². The molecule has 2 heteroatoms. The maximum atomic E-state index is 2.60. The SMILES string of the molecule is CCN1CCN(C(C)(C)C)CC1(C)C. The van der Waals surface area contributed by atoms with Gasteiger partial charge in [0.15, 0.2) is 0 Å². The molecule has 0 spiro atoms. The molecule has 1 saturated heterocycles. The zero-order valence-corrected chi connectivity index (χ0v) is 10.7. The van der Waals surface area contributed by atoms with E-state index in [-0.39, 0.29) is 0 Å². The molecule has 0 aromatic rings. The van der Waals surface area contributed by atoms with Crippen molar-refractivity contribution in [2.24, 2.45) is 0 Å². The van der Waals surface area contributed by atoms with Gasteiger partial charge in [0.05, 0.1) is 0 Å². The van der Waals surface area contributed by atoms with Crippen LogP contribution in [0.4, 0.5) is 0 Å². The molecule has 0 atom stereocenters. The number of likely N-dealkylation sites (N-methyl/N-ethyl adjacent to an activating group) is 1. The van der Waals surface area contributed by atoms with Gasteiger partial charge < -0.3 is 0 Å². The predicted octanol–water partition coefficient (Wildman–Crippen LogP) is 2.20. The lowest BCUT2D eigenvalue weighted by Crippen LogP contribution is -2.62. The Morgan fingerprint density at radius 3 is 2.07 bits per heavy atom. The van der Waals surface area contributed by atoms with E-state index in [1.165, 1.54) is 26.2 Å². The van der Waals surface area contributed by atoms with Gasteiger partial charge in [0, 0.05) is 30.7 Å². The summed E-state index contributed by atoms with van der Waals surface area (Å²) in [5.41, 5.74) is 0.650. The van der Waals surface area contributed by atoms with Crippen LogP contribution in [0.1, 0.15) is 41.5 Å². The van der Waals surface area contributed by atoms with Crippen LogP contribution < -0.4 is 0 Å². The summed E-state index contributed by atoms with van der Waals surface area (Å²) in [6.45, 7) is 18.7. The van der Waals surface area contributed by atoms with Crippen LogP contribution in [-0.4, -0.2) is 47.1 Å². The van der Waals surface area contributed by atoms with Crippen LogP contribution in [0.15, 0.2) is 0 Å². The van der Waals surface area contributed by atoms with Gasteiger partial charge in [0.1, 0.15) is 0 Å². The van der Waals surface area contributed by atoms with Gasteiger partial charge in [-0.3, -0.25) is 9.80 Å². The smallest absolute Gasteiger partial charge is 0.0280 e. The summed E-state index contributed by atoms with van der Waals surface area (Å²) < 4.78 is 0. The highest BCUT2D eigenvalue weighted by Crippen LogP contribution is 2.25. The first-order valence-electron chi connectivity index (χ1n) is 5.77. The van der Waals surface area contributed by atoms with E-state index in [9.17, 15) is 0 Å². The third-order valence-electron chi connectivity index (χ3n) is 3.40. The minimum Gasteiger partial charge on any atom is -0.296 e. The second kappa shape index (κ2) is 3.82. The second-order valence-corrected chi connectivity index (χ2v) is 5.98. The summed E-state index contributed by atoms with van der Waals surface area (Å²) in [5.74, 6) is 0. The average Bonchev–Trinajstić information content (AvgIpc) is 2.00. The highest BCUT2D eigenvalue weighted by atomic mass is 15.3. The fourth-order valence-electron chi connectivity index (χ4n) is 2.35. The Balaban J connectivity index is 2.67. The lowest BCUT2D eigenvalue weighted by molar-refractivity contribution is -0.0168. The molecular formula is C12H26N2. The first kappa shape index (κ1) is 12.0. The lowest BCUT2D eigenvalue weighted by Gasteiger charge is -2.51. The number of nitrogens with zero attached hydrogens (tertiary/aromatic N) is 2. The zero-order valence-electron chi connectivity index (χ0n) is 10.7. The van der Waals surface area contributed by atoms with Crippen molar-refractivity contribution < 1.29 is 0 Å². The molecule has 1 rings (SSSR count). The molecular weight excluding hydrogens is 172 g/mol. The Morgan fingerprint density at radius 2 is 1.71 bits per heavy atom. The van der Waals surface area contributed by atoms with Gasteiger partial charge in [0.2, 0.25) is 0 Å². The molecule has 0 radical (unpaired) electrons. The first-order valence-corrected chi connectivity index (χ1v) is 5.77. The molecule has 0 saturated carbocycles. The van der Waals surface area contributed by atoms with E-state index < -0.39 is 0 Å². The number of hydrogen-bond donors (Lipinski definition) is 0. The molecule has 14 heavy (non-hydrogen) atoms. The molecule has 0 amide bonds. The molecule has 0 N–H and O–H groups in total. The Labute approximate surface area is 89.3 Å². The van der Waals surface area contributed by atoms with Gasteiger partial charge in [-0.15, -0.1) is 0 Å². The zero-order chi connectivity index (χ0) is 11.0. The van der Waals surface area contributed by atoms with Crippen molar-refractivity contribution in [3.8, 4) is 0 Å². The standard InChI is InChI=1S/C12H26N2/c1-7-13-8-9-14(11(2,3)4)10-12(13,5)6/h7-10H2,1-6H3.